The van der Waals surface area contributed by atoms with E-state index in [4.69, 9.17) is 9.47 Å². The molecule has 0 bridgehead atoms. The predicted molar refractivity (Wildman–Crippen MR) is 151 cm³/mol. The number of carbonyl (C=O) groups is 2. The summed E-state index contributed by atoms with van der Waals surface area (Å²) in [5.41, 5.74) is -0.288. The van der Waals surface area contributed by atoms with Gasteiger partial charge in [0.15, 0.2) is 0 Å². The molecule has 0 aromatic heterocycles. The summed E-state index contributed by atoms with van der Waals surface area (Å²) in [6, 6.07) is 0. The van der Waals surface area contributed by atoms with Gasteiger partial charge in [-0.3, -0.25) is 0 Å². The van der Waals surface area contributed by atoms with Gasteiger partial charge in [-0.05, 0) is 12.8 Å². The first kappa shape index (κ1) is 35.1. The summed E-state index contributed by atoms with van der Waals surface area (Å²) >= 11 is 0. The molecule has 0 aromatic rings. The predicted octanol–water partition coefficient (Wildman–Crippen LogP) is 4.28. The van der Waals surface area contributed by atoms with E-state index < -0.39 is 27.5 Å². The summed E-state index contributed by atoms with van der Waals surface area (Å²) < 4.78 is 37.8. The van der Waals surface area contributed by atoms with E-state index in [2.05, 4.69) is 56.1 Å². The van der Waals surface area contributed by atoms with Gasteiger partial charge in [0, 0.05) is 35.8 Å². The van der Waals surface area contributed by atoms with Crippen LogP contribution in [0.5, 0.6) is 0 Å². The zero-order valence-corrected chi connectivity index (χ0v) is 26.1. The summed E-state index contributed by atoms with van der Waals surface area (Å²) in [5.74, 6) is -1.29. The molecule has 4 atom stereocenters. The molecule has 0 aliphatic heterocycles. The Morgan fingerprint density at radius 1 is 0.694 bits per heavy atom. The Morgan fingerprint density at radius 2 is 1.03 bits per heavy atom. The zero-order chi connectivity index (χ0) is 27.8. The molecule has 0 aliphatic carbocycles. The highest BCUT2D eigenvalue weighted by atomic mass is 31.1. The SMILES string of the molecule is CCCCC(COC(=O)/C=C\C(=O)OCC(CCCC)[PH](=O)CC[N+](C)(C)C)[PH](=O)CC[N+](C)(C)C. The fourth-order valence-corrected chi connectivity index (χ4v) is 7.66. The molecule has 0 rings (SSSR count). The Morgan fingerprint density at radius 3 is 1.31 bits per heavy atom. The van der Waals surface area contributed by atoms with Crippen LogP contribution in [-0.4, -0.2) is 113 Å². The number of carbonyl (C=O) groups excluding carboxylic acids is 2. The lowest BCUT2D eigenvalue weighted by Gasteiger charge is -2.25. The van der Waals surface area contributed by atoms with Crippen LogP contribution < -0.4 is 0 Å². The number of quaternary nitrogens is 2. The van der Waals surface area contributed by atoms with Crippen molar-refractivity contribution in [2.75, 3.05) is 80.9 Å². The minimum absolute atomic E-state index is 0.0977. The third-order valence-corrected chi connectivity index (χ3v) is 10.2. The molecule has 0 spiro atoms. The number of nitrogens with zero attached hydrogens (tertiary/aromatic N) is 2. The van der Waals surface area contributed by atoms with Crippen molar-refractivity contribution in [3.8, 4) is 0 Å². The Balaban J connectivity index is 4.76. The van der Waals surface area contributed by atoms with Gasteiger partial charge < -0.3 is 27.6 Å². The highest BCUT2D eigenvalue weighted by Gasteiger charge is 2.22. The average Bonchev–Trinajstić information content (AvgIpc) is 2.78. The van der Waals surface area contributed by atoms with Crippen LogP contribution in [0.15, 0.2) is 12.2 Å². The van der Waals surface area contributed by atoms with Crippen LogP contribution in [0.2, 0.25) is 0 Å². The van der Waals surface area contributed by atoms with Gasteiger partial charge in [0.25, 0.3) is 0 Å². The van der Waals surface area contributed by atoms with Crippen LogP contribution in [0.4, 0.5) is 0 Å². The topological polar surface area (TPSA) is 86.7 Å². The molecule has 212 valence electrons. The van der Waals surface area contributed by atoms with Crippen molar-refractivity contribution in [3.05, 3.63) is 12.2 Å². The van der Waals surface area contributed by atoms with Crippen molar-refractivity contribution < 1.29 is 37.2 Å². The second-order valence-corrected chi connectivity index (χ2v) is 16.2. The van der Waals surface area contributed by atoms with E-state index in [1.165, 1.54) is 0 Å². The number of unbranched alkanes of at least 4 members (excludes halogenated alkanes) is 2. The van der Waals surface area contributed by atoms with Crippen LogP contribution in [0.25, 0.3) is 0 Å². The fraction of sp³-hybridized carbons (Fsp3) is 0.846. The molecule has 0 N–H and O–H groups in total. The van der Waals surface area contributed by atoms with E-state index >= 15 is 0 Å². The molecule has 0 aliphatic rings. The second-order valence-electron chi connectivity index (χ2n) is 11.7. The fourth-order valence-electron chi connectivity index (χ4n) is 3.47. The molecule has 0 fully saturated rings. The lowest BCUT2D eigenvalue weighted by Crippen LogP contribution is -2.37. The molecular weight excluding hydrogens is 498 g/mol. The third kappa shape index (κ3) is 19.2. The first-order chi connectivity index (χ1) is 16.7. The molecule has 0 saturated carbocycles. The van der Waals surface area contributed by atoms with Gasteiger partial charge in [0.2, 0.25) is 0 Å². The maximum Gasteiger partial charge on any atom is 0.331 e. The maximum atomic E-state index is 12.8. The van der Waals surface area contributed by atoms with Gasteiger partial charge in [-0.1, -0.05) is 39.5 Å². The Labute approximate surface area is 221 Å². The minimum Gasteiger partial charge on any atom is -0.462 e. The summed E-state index contributed by atoms with van der Waals surface area (Å²) in [6.45, 7) is 5.96. The van der Waals surface area contributed by atoms with Gasteiger partial charge in [-0.25, -0.2) is 9.59 Å². The minimum atomic E-state index is -1.89. The van der Waals surface area contributed by atoms with Gasteiger partial charge in [0.05, 0.1) is 71.0 Å². The zero-order valence-electron chi connectivity index (χ0n) is 24.1. The number of hydrogen-bond donors (Lipinski definition) is 0. The summed E-state index contributed by atoms with van der Waals surface area (Å²) in [4.78, 5) is 24.4. The molecule has 0 saturated heterocycles. The standard InChI is InChI=1S/C26H54N2O6P2/c1-9-11-13-23(35(31)19-17-27(3,4)5)21-33-25(29)15-16-26(30)34-22-24(14-12-10-2)36(32)20-18-28(6,7)8/h15-16,23-24,35-36H,9-14,17-22H2,1-8H3/q+2/b16-15-. The van der Waals surface area contributed by atoms with Gasteiger partial charge in [-0.2, -0.15) is 0 Å². The van der Waals surface area contributed by atoms with E-state index in [9.17, 15) is 18.7 Å². The van der Waals surface area contributed by atoms with E-state index in [0.29, 0.717) is 12.3 Å². The third-order valence-electron chi connectivity index (χ3n) is 5.99. The van der Waals surface area contributed by atoms with Crippen molar-refractivity contribution in [3.63, 3.8) is 0 Å². The van der Waals surface area contributed by atoms with E-state index in [1.807, 2.05) is 0 Å². The van der Waals surface area contributed by atoms with Crippen LogP contribution in [0.1, 0.15) is 52.4 Å². The van der Waals surface area contributed by atoms with Crippen molar-refractivity contribution >= 4 is 27.5 Å². The Hall–Kier alpha value is -0.940. The number of rotatable bonds is 20. The highest BCUT2D eigenvalue weighted by Crippen LogP contribution is 2.33. The maximum absolute atomic E-state index is 12.8. The van der Waals surface area contributed by atoms with Gasteiger partial charge in [0.1, 0.15) is 13.2 Å². The lowest BCUT2D eigenvalue weighted by atomic mass is 10.2. The second kappa shape index (κ2) is 18.3. The van der Waals surface area contributed by atoms with E-state index in [1.54, 1.807) is 0 Å². The molecule has 8 nitrogen and oxygen atoms in total. The molecule has 36 heavy (non-hydrogen) atoms. The molecule has 0 heterocycles. The Kier molecular flexibility index (Phi) is 17.9. The average molecular weight is 553 g/mol. The molecule has 0 aromatic carbocycles. The lowest BCUT2D eigenvalue weighted by molar-refractivity contribution is -0.867. The molecule has 10 heteroatoms. The van der Waals surface area contributed by atoms with Crippen molar-refractivity contribution in [2.24, 2.45) is 0 Å². The van der Waals surface area contributed by atoms with E-state index in [0.717, 1.165) is 72.7 Å². The summed E-state index contributed by atoms with van der Waals surface area (Å²) in [7, 11) is 8.61. The monoisotopic (exact) mass is 552 g/mol. The van der Waals surface area contributed by atoms with E-state index in [-0.39, 0.29) is 24.5 Å². The normalized spacial score (nSPS) is 15.9. The van der Waals surface area contributed by atoms with Crippen LogP contribution in [0.3, 0.4) is 0 Å². The van der Waals surface area contributed by atoms with Gasteiger partial charge >= 0.3 is 11.9 Å². The largest absolute Gasteiger partial charge is 0.462 e. The van der Waals surface area contributed by atoms with Gasteiger partial charge in [-0.15, -0.1) is 0 Å². The number of ether oxygens (including phenoxy) is 2. The smallest absolute Gasteiger partial charge is 0.331 e. The Bertz CT molecular complexity index is 669. The number of hydrogen-bond acceptors (Lipinski definition) is 6. The molecule has 0 radical (unpaired) electrons. The van der Waals surface area contributed by atoms with Crippen molar-refractivity contribution in [1.82, 2.24) is 0 Å². The highest BCUT2D eigenvalue weighted by molar-refractivity contribution is 7.45. The molecule has 4 unspecified atom stereocenters. The van der Waals surface area contributed by atoms with Crippen LogP contribution in [-0.2, 0) is 28.2 Å². The van der Waals surface area contributed by atoms with Crippen molar-refractivity contribution in [2.45, 2.75) is 63.7 Å². The van der Waals surface area contributed by atoms with Crippen LogP contribution in [0, 0.1) is 0 Å². The first-order valence-electron chi connectivity index (χ1n) is 13.4. The molecule has 0 amide bonds. The van der Waals surface area contributed by atoms with Crippen LogP contribution >= 0.6 is 15.6 Å². The number of esters is 2. The summed E-state index contributed by atoms with van der Waals surface area (Å²) in [5, 5.41) is 0. The van der Waals surface area contributed by atoms with Crippen molar-refractivity contribution in [1.29, 1.82) is 0 Å². The first-order valence-corrected chi connectivity index (χ1v) is 16.7. The summed E-state index contributed by atoms with van der Waals surface area (Å²) in [6.07, 6.45) is 8.73. The molecular formula is C26H54N2O6P2+2. The quantitative estimate of drug-likeness (QED) is 0.0970.